The van der Waals surface area contributed by atoms with E-state index in [1.165, 1.54) is 11.0 Å². The number of rotatable bonds is 1. The first-order valence-corrected chi connectivity index (χ1v) is 6.86. The molecule has 1 heterocycles. The molecule has 1 amide bonds. The molecule has 106 valence electrons. The summed E-state index contributed by atoms with van der Waals surface area (Å²) in [6.45, 7) is 0.0872. The molecule has 2 fully saturated rings. The Labute approximate surface area is 114 Å². The van der Waals surface area contributed by atoms with E-state index in [-0.39, 0.29) is 17.9 Å². The Morgan fingerprint density at radius 3 is 2.50 bits per heavy atom. The van der Waals surface area contributed by atoms with Crippen LogP contribution in [0.5, 0.6) is 0 Å². The topological polar surface area (TPSA) is 20.3 Å². The van der Waals surface area contributed by atoms with Gasteiger partial charge in [-0.25, -0.2) is 0 Å². The lowest BCUT2D eigenvalue weighted by Crippen LogP contribution is -2.44. The first-order valence-electron chi connectivity index (χ1n) is 6.86. The summed E-state index contributed by atoms with van der Waals surface area (Å²) in [4.78, 5) is 13.8. The van der Waals surface area contributed by atoms with Crippen LogP contribution in [-0.2, 0) is 11.3 Å². The molecule has 1 unspecified atom stereocenters. The van der Waals surface area contributed by atoms with Crippen molar-refractivity contribution in [3.63, 3.8) is 0 Å². The van der Waals surface area contributed by atoms with Crippen molar-refractivity contribution in [3.05, 3.63) is 35.4 Å². The molecule has 5 heteroatoms. The quantitative estimate of drug-likeness (QED) is 0.774. The molecule has 3 aliphatic rings. The van der Waals surface area contributed by atoms with Crippen molar-refractivity contribution >= 4 is 5.91 Å². The minimum Gasteiger partial charge on any atom is -0.337 e. The first kappa shape index (κ1) is 12.2. The predicted octanol–water partition coefficient (Wildman–Crippen LogP) is 3.08. The second kappa shape index (κ2) is 3.57. The Bertz CT molecular complexity index is 589. The molecule has 0 radical (unpaired) electrons. The van der Waals surface area contributed by atoms with Crippen LogP contribution in [0.4, 0.5) is 13.2 Å². The Morgan fingerprint density at radius 2 is 1.90 bits per heavy atom. The Hall–Kier alpha value is -1.52. The van der Waals surface area contributed by atoms with Crippen molar-refractivity contribution in [1.82, 2.24) is 4.90 Å². The third kappa shape index (κ3) is 1.61. The molecule has 0 aromatic heterocycles. The molecule has 2 nitrogen and oxygen atoms in total. The molecule has 1 aromatic carbocycles. The summed E-state index contributed by atoms with van der Waals surface area (Å²) < 4.78 is 39.7. The lowest BCUT2D eigenvalue weighted by atomic mass is 9.88. The lowest BCUT2D eigenvalue weighted by molar-refractivity contribution is -0.162. The van der Waals surface area contributed by atoms with Gasteiger partial charge in [0.2, 0.25) is 5.91 Å². The van der Waals surface area contributed by atoms with Crippen LogP contribution in [0.15, 0.2) is 24.3 Å². The molecule has 0 saturated heterocycles. The zero-order chi connectivity index (χ0) is 14.1. The van der Waals surface area contributed by atoms with Gasteiger partial charge in [0.25, 0.3) is 0 Å². The maximum absolute atomic E-state index is 13.2. The van der Waals surface area contributed by atoms with E-state index < -0.39 is 12.1 Å². The normalized spacial score (nSPS) is 34.2. The first-order chi connectivity index (χ1) is 9.42. The number of benzene rings is 1. The van der Waals surface area contributed by atoms with Crippen LogP contribution >= 0.6 is 0 Å². The van der Waals surface area contributed by atoms with E-state index >= 15 is 0 Å². The molecule has 0 bridgehead atoms. The van der Waals surface area contributed by atoms with E-state index in [9.17, 15) is 18.0 Å². The molecule has 2 aliphatic carbocycles. The summed E-state index contributed by atoms with van der Waals surface area (Å²) in [7, 11) is 0. The van der Waals surface area contributed by atoms with Crippen molar-refractivity contribution in [2.75, 3.05) is 6.54 Å². The smallest absolute Gasteiger partial charge is 0.337 e. The van der Waals surface area contributed by atoms with Crippen molar-refractivity contribution in [1.29, 1.82) is 0 Å². The van der Waals surface area contributed by atoms with E-state index in [1.54, 1.807) is 18.2 Å². The highest BCUT2D eigenvalue weighted by atomic mass is 19.4. The van der Waals surface area contributed by atoms with Crippen LogP contribution < -0.4 is 0 Å². The van der Waals surface area contributed by atoms with E-state index in [0.717, 1.165) is 12.8 Å². The fourth-order valence-corrected chi connectivity index (χ4v) is 3.41. The van der Waals surface area contributed by atoms with Crippen LogP contribution in [0, 0.1) is 11.3 Å². The van der Waals surface area contributed by atoms with Gasteiger partial charge in [-0.1, -0.05) is 24.3 Å². The van der Waals surface area contributed by atoms with Crippen LogP contribution in [0.2, 0.25) is 0 Å². The number of nitrogens with zero attached hydrogens (tertiary/aromatic N) is 1. The number of carbonyl (C=O) groups is 1. The van der Waals surface area contributed by atoms with Gasteiger partial charge in [0, 0.05) is 13.1 Å². The van der Waals surface area contributed by atoms with E-state index in [1.807, 2.05) is 0 Å². The molecular formula is C15H14F3NO. The van der Waals surface area contributed by atoms with Crippen LogP contribution in [0.25, 0.3) is 0 Å². The highest BCUT2D eigenvalue weighted by molar-refractivity contribution is 5.90. The minimum atomic E-state index is -4.31. The number of amides is 1. The van der Waals surface area contributed by atoms with Gasteiger partial charge < -0.3 is 4.90 Å². The number of hydrogen-bond donors (Lipinski definition) is 0. The summed E-state index contributed by atoms with van der Waals surface area (Å²) in [6, 6.07) is 6.59. The number of fused-ring (bicyclic) bond motifs is 2. The van der Waals surface area contributed by atoms with E-state index in [2.05, 4.69) is 0 Å². The maximum atomic E-state index is 13.2. The summed E-state index contributed by atoms with van der Waals surface area (Å²) in [5, 5.41) is 0. The molecule has 0 spiro atoms. The number of alkyl halides is 3. The molecule has 0 N–H and O–H groups in total. The van der Waals surface area contributed by atoms with Gasteiger partial charge in [-0.3, -0.25) is 4.79 Å². The monoisotopic (exact) mass is 281 g/mol. The fraction of sp³-hybridized carbons (Fsp3) is 0.533. The summed E-state index contributed by atoms with van der Waals surface area (Å²) in [6.07, 6.45) is -2.56. The third-order valence-electron chi connectivity index (χ3n) is 4.99. The number of halogens is 3. The van der Waals surface area contributed by atoms with Crippen LogP contribution in [0.3, 0.4) is 0 Å². The fourth-order valence-electron chi connectivity index (χ4n) is 3.41. The second-order valence-corrected chi connectivity index (χ2v) is 6.24. The molecule has 1 atom stereocenters. The Kier molecular flexibility index (Phi) is 2.18. The average molecular weight is 281 g/mol. The summed E-state index contributed by atoms with van der Waals surface area (Å²) in [5.74, 6) is -1.16. The Balaban J connectivity index is 1.68. The molecule has 1 aromatic rings. The van der Waals surface area contributed by atoms with Gasteiger partial charge in [-0.15, -0.1) is 0 Å². The summed E-state index contributed by atoms with van der Waals surface area (Å²) >= 11 is 0. The van der Waals surface area contributed by atoms with Gasteiger partial charge in [0.15, 0.2) is 0 Å². The van der Waals surface area contributed by atoms with E-state index in [0.29, 0.717) is 23.6 Å². The van der Waals surface area contributed by atoms with Gasteiger partial charge in [-0.05, 0) is 29.9 Å². The van der Waals surface area contributed by atoms with Crippen LogP contribution in [-0.4, -0.2) is 23.5 Å². The number of carbonyl (C=O) groups excluding carboxylic acids is 1. The maximum Gasteiger partial charge on any atom is 0.397 e. The van der Waals surface area contributed by atoms with Gasteiger partial charge in [0.05, 0.1) is 11.3 Å². The SMILES string of the molecule is O=C(N1Cc2ccccc2C(C(F)(F)F)C1)C12CC1C2. The molecule has 4 rings (SSSR count). The minimum absolute atomic E-state index is 0.0637. The highest BCUT2D eigenvalue weighted by Crippen LogP contribution is 2.76. The van der Waals surface area contributed by atoms with E-state index in [4.69, 9.17) is 0 Å². The van der Waals surface area contributed by atoms with Crippen molar-refractivity contribution in [2.45, 2.75) is 31.5 Å². The largest absolute Gasteiger partial charge is 0.397 e. The van der Waals surface area contributed by atoms with Gasteiger partial charge in [-0.2, -0.15) is 13.2 Å². The van der Waals surface area contributed by atoms with Crippen LogP contribution in [0.1, 0.15) is 29.9 Å². The molecular weight excluding hydrogens is 267 g/mol. The standard InChI is InChI=1S/C15H14F3NO/c16-15(17,18)12-8-19(13(20)14-5-10(14)6-14)7-9-3-1-2-4-11(9)12/h1-4,10,12H,5-8H2. The lowest BCUT2D eigenvalue weighted by Gasteiger charge is -2.36. The predicted molar refractivity (Wildman–Crippen MR) is 65.8 cm³/mol. The van der Waals surface area contributed by atoms with Gasteiger partial charge >= 0.3 is 6.18 Å². The highest BCUT2D eigenvalue weighted by Gasteiger charge is 2.75. The Morgan fingerprint density at radius 1 is 1.25 bits per heavy atom. The zero-order valence-electron chi connectivity index (χ0n) is 10.8. The molecule has 2 saturated carbocycles. The average Bonchev–Trinajstić information content (AvgIpc) is 3.24. The molecule has 20 heavy (non-hydrogen) atoms. The molecule has 1 aliphatic heterocycles. The number of hydrogen-bond acceptors (Lipinski definition) is 1. The third-order valence-corrected chi connectivity index (χ3v) is 4.99. The van der Waals surface area contributed by atoms with Gasteiger partial charge in [0.1, 0.15) is 0 Å². The second-order valence-electron chi connectivity index (χ2n) is 6.24. The summed E-state index contributed by atoms with van der Waals surface area (Å²) in [5.41, 5.74) is 0.691. The van der Waals surface area contributed by atoms with Crippen molar-refractivity contribution < 1.29 is 18.0 Å². The van der Waals surface area contributed by atoms with Crippen molar-refractivity contribution in [2.24, 2.45) is 11.3 Å². The zero-order valence-corrected chi connectivity index (χ0v) is 10.8. The van der Waals surface area contributed by atoms with Crippen molar-refractivity contribution in [3.8, 4) is 0 Å².